The first kappa shape index (κ1) is 7.74. The summed E-state index contributed by atoms with van der Waals surface area (Å²) in [5.41, 5.74) is 2.75. The molecule has 2 rings (SSSR count). The Labute approximate surface area is 75.6 Å². The monoisotopic (exact) mass is 181 g/mol. The fourth-order valence-corrected chi connectivity index (χ4v) is 1.75. The lowest BCUT2D eigenvalue weighted by Gasteiger charge is -2.00. The van der Waals surface area contributed by atoms with Crippen LogP contribution < -0.4 is 0 Å². The normalized spacial score (nSPS) is 14.4. The van der Waals surface area contributed by atoms with Crippen LogP contribution in [-0.2, 0) is 12.8 Å². The van der Waals surface area contributed by atoms with Crippen LogP contribution in [0.25, 0.3) is 0 Å². The molecule has 62 valence electrons. The van der Waals surface area contributed by atoms with Crippen molar-refractivity contribution in [3.63, 3.8) is 0 Å². The smallest absolute Gasteiger partial charge is 0.153 e. The van der Waals surface area contributed by atoms with Gasteiger partial charge in [0.05, 0.1) is 5.56 Å². The van der Waals surface area contributed by atoms with Crippen molar-refractivity contribution in [1.82, 2.24) is 4.98 Å². The molecule has 0 bridgehead atoms. The molecule has 0 spiro atoms. The summed E-state index contributed by atoms with van der Waals surface area (Å²) < 4.78 is 0. The summed E-state index contributed by atoms with van der Waals surface area (Å²) in [6.45, 7) is 0. The fraction of sp³-hybridized carbons (Fsp3) is 0.333. The minimum atomic E-state index is 0.339. The Hall–Kier alpha value is -0.890. The first-order chi connectivity index (χ1) is 5.81. The van der Waals surface area contributed by atoms with Gasteiger partial charge in [0.1, 0.15) is 5.15 Å². The molecule has 0 saturated carbocycles. The summed E-state index contributed by atoms with van der Waals surface area (Å²) in [5, 5.41) is 0.339. The van der Waals surface area contributed by atoms with Gasteiger partial charge in [-0.1, -0.05) is 11.6 Å². The summed E-state index contributed by atoms with van der Waals surface area (Å²) >= 11 is 5.77. The van der Waals surface area contributed by atoms with E-state index < -0.39 is 0 Å². The number of carbonyl (C=O) groups excluding carboxylic acids is 1. The molecule has 0 N–H and O–H groups in total. The molecule has 1 aliphatic carbocycles. The molecule has 0 amide bonds. The summed E-state index contributed by atoms with van der Waals surface area (Å²) in [7, 11) is 0. The molecule has 1 aromatic rings. The summed E-state index contributed by atoms with van der Waals surface area (Å²) in [6.07, 6.45) is 3.91. The van der Waals surface area contributed by atoms with E-state index in [0.29, 0.717) is 10.7 Å². The predicted octanol–water partition coefficient (Wildman–Crippen LogP) is 2.04. The molecule has 0 aliphatic heterocycles. The molecule has 0 unspecified atom stereocenters. The van der Waals surface area contributed by atoms with E-state index in [4.69, 9.17) is 11.6 Å². The maximum atomic E-state index is 10.5. The molecular formula is C9H8ClNO. The largest absolute Gasteiger partial charge is 0.298 e. The zero-order valence-electron chi connectivity index (χ0n) is 6.51. The van der Waals surface area contributed by atoms with E-state index in [1.165, 1.54) is 5.56 Å². The van der Waals surface area contributed by atoms with E-state index in [0.717, 1.165) is 31.2 Å². The van der Waals surface area contributed by atoms with Gasteiger partial charge in [0.2, 0.25) is 0 Å². The minimum absolute atomic E-state index is 0.339. The van der Waals surface area contributed by atoms with Crippen LogP contribution in [0.5, 0.6) is 0 Å². The minimum Gasteiger partial charge on any atom is -0.298 e. The van der Waals surface area contributed by atoms with E-state index >= 15 is 0 Å². The topological polar surface area (TPSA) is 30.0 Å². The second-order valence-electron chi connectivity index (χ2n) is 2.95. The van der Waals surface area contributed by atoms with Gasteiger partial charge >= 0.3 is 0 Å². The number of hydrogen-bond acceptors (Lipinski definition) is 2. The molecule has 1 aromatic heterocycles. The third-order valence-electron chi connectivity index (χ3n) is 2.16. The van der Waals surface area contributed by atoms with Crippen LogP contribution in [0.1, 0.15) is 28.0 Å². The fourth-order valence-electron chi connectivity index (χ4n) is 1.55. The number of carbonyl (C=O) groups is 1. The third-order valence-corrected chi connectivity index (χ3v) is 2.46. The number of rotatable bonds is 1. The van der Waals surface area contributed by atoms with Crippen molar-refractivity contribution < 1.29 is 4.79 Å². The second-order valence-corrected chi connectivity index (χ2v) is 3.30. The Morgan fingerprint density at radius 1 is 1.50 bits per heavy atom. The standard InChI is InChI=1S/C9H8ClNO/c10-9-7(5-12)4-6-2-1-3-8(6)11-9/h4-5H,1-3H2. The zero-order chi connectivity index (χ0) is 8.55. The molecule has 0 atom stereocenters. The van der Waals surface area contributed by atoms with Crippen LogP contribution >= 0.6 is 11.6 Å². The van der Waals surface area contributed by atoms with Crippen molar-refractivity contribution >= 4 is 17.9 Å². The second kappa shape index (κ2) is 2.87. The molecular weight excluding hydrogens is 174 g/mol. The first-order valence-electron chi connectivity index (χ1n) is 3.95. The highest BCUT2D eigenvalue weighted by Gasteiger charge is 2.14. The molecule has 0 aromatic carbocycles. The molecule has 2 nitrogen and oxygen atoms in total. The Kier molecular flexibility index (Phi) is 1.85. The Morgan fingerprint density at radius 2 is 2.33 bits per heavy atom. The summed E-state index contributed by atoms with van der Waals surface area (Å²) in [5.74, 6) is 0. The molecule has 12 heavy (non-hydrogen) atoms. The lowest BCUT2D eigenvalue weighted by atomic mass is 10.2. The van der Waals surface area contributed by atoms with Gasteiger partial charge in [0.25, 0.3) is 0 Å². The van der Waals surface area contributed by atoms with Crippen molar-refractivity contribution in [2.24, 2.45) is 0 Å². The van der Waals surface area contributed by atoms with Crippen LogP contribution in [-0.4, -0.2) is 11.3 Å². The van der Waals surface area contributed by atoms with E-state index in [1.807, 2.05) is 6.07 Å². The number of fused-ring (bicyclic) bond motifs is 1. The number of nitrogens with zero attached hydrogens (tertiary/aromatic N) is 1. The van der Waals surface area contributed by atoms with Crippen molar-refractivity contribution in [2.75, 3.05) is 0 Å². The molecule has 3 heteroatoms. The average molecular weight is 182 g/mol. The summed E-state index contributed by atoms with van der Waals surface area (Å²) in [6, 6.07) is 1.85. The van der Waals surface area contributed by atoms with Crippen LogP contribution in [0.4, 0.5) is 0 Å². The lowest BCUT2D eigenvalue weighted by Crippen LogP contribution is -1.93. The number of aryl methyl sites for hydroxylation is 2. The van der Waals surface area contributed by atoms with Gasteiger partial charge in [-0.15, -0.1) is 0 Å². The van der Waals surface area contributed by atoms with E-state index in [1.54, 1.807) is 0 Å². The Morgan fingerprint density at radius 3 is 3.08 bits per heavy atom. The van der Waals surface area contributed by atoms with Crippen molar-refractivity contribution in [3.8, 4) is 0 Å². The van der Waals surface area contributed by atoms with Crippen LogP contribution in [0.15, 0.2) is 6.07 Å². The molecule has 1 aliphatic rings. The number of aromatic nitrogens is 1. The van der Waals surface area contributed by atoms with Gasteiger partial charge in [0.15, 0.2) is 6.29 Å². The highest BCUT2D eigenvalue weighted by Crippen LogP contribution is 2.23. The summed E-state index contributed by atoms with van der Waals surface area (Å²) in [4.78, 5) is 14.7. The van der Waals surface area contributed by atoms with Gasteiger partial charge in [-0.3, -0.25) is 4.79 Å². The van der Waals surface area contributed by atoms with E-state index in [9.17, 15) is 4.79 Å². The van der Waals surface area contributed by atoms with Gasteiger partial charge in [-0.2, -0.15) is 0 Å². The quantitative estimate of drug-likeness (QED) is 0.490. The van der Waals surface area contributed by atoms with Gasteiger partial charge in [0, 0.05) is 5.69 Å². The van der Waals surface area contributed by atoms with Gasteiger partial charge in [-0.25, -0.2) is 4.98 Å². The maximum Gasteiger partial charge on any atom is 0.153 e. The average Bonchev–Trinajstić information content (AvgIpc) is 2.49. The Balaban J connectivity index is 2.56. The zero-order valence-corrected chi connectivity index (χ0v) is 7.27. The van der Waals surface area contributed by atoms with Gasteiger partial charge < -0.3 is 0 Å². The highest BCUT2D eigenvalue weighted by atomic mass is 35.5. The number of pyridine rings is 1. The van der Waals surface area contributed by atoms with Crippen molar-refractivity contribution in [2.45, 2.75) is 19.3 Å². The molecule has 1 heterocycles. The Bertz CT molecular complexity index is 336. The third kappa shape index (κ3) is 1.12. The predicted molar refractivity (Wildman–Crippen MR) is 46.7 cm³/mol. The number of hydrogen-bond donors (Lipinski definition) is 0. The van der Waals surface area contributed by atoms with Crippen molar-refractivity contribution in [1.29, 1.82) is 0 Å². The lowest BCUT2D eigenvalue weighted by molar-refractivity contribution is 0.112. The maximum absolute atomic E-state index is 10.5. The van der Waals surface area contributed by atoms with Crippen LogP contribution in [0.2, 0.25) is 5.15 Å². The first-order valence-corrected chi connectivity index (χ1v) is 4.32. The van der Waals surface area contributed by atoms with Crippen LogP contribution in [0, 0.1) is 0 Å². The molecule has 0 saturated heterocycles. The highest BCUT2D eigenvalue weighted by molar-refractivity contribution is 6.31. The van der Waals surface area contributed by atoms with E-state index in [-0.39, 0.29) is 0 Å². The number of aldehydes is 1. The van der Waals surface area contributed by atoms with Crippen LogP contribution in [0.3, 0.4) is 0 Å². The SMILES string of the molecule is O=Cc1cc2c(nc1Cl)CCC2. The molecule has 0 fully saturated rings. The van der Waals surface area contributed by atoms with Crippen molar-refractivity contribution in [3.05, 3.63) is 28.0 Å². The molecule has 0 radical (unpaired) electrons. The van der Waals surface area contributed by atoms with Gasteiger partial charge in [-0.05, 0) is 30.9 Å². The number of halogens is 1. The van der Waals surface area contributed by atoms with E-state index in [2.05, 4.69) is 4.98 Å².